The first-order valence-corrected chi connectivity index (χ1v) is 6.22. The lowest BCUT2D eigenvalue weighted by atomic mass is 9.82. The first-order valence-electron chi connectivity index (χ1n) is 6.22. The Morgan fingerprint density at radius 1 is 1.00 bits per heavy atom. The Bertz CT molecular complexity index is 133. The molecule has 0 saturated heterocycles. The van der Waals surface area contributed by atoms with Gasteiger partial charge >= 0.3 is 0 Å². The van der Waals surface area contributed by atoms with Crippen molar-refractivity contribution in [2.24, 2.45) is 17.8 Å². The lowest BCUT2D eigenvalue weighted by Gasteiger charge is -2.28. The van der Waals surface area contributed by atoms with E-state index in [0.717, 1.165) is 0 Å². The Kier molecular flexibility index (Phi) is 7.26. The summed E-state index contributed by atoms with van der Waals surface area (Å²) in [6.07, 6.45) is 4.69. The van der Waals surface area contributed by atoms with Crippen molar-refractivity contribution < 1.29 is 5.11 Å². The molecule has 0 rings (SSSR count). The third kappa shape index (κ3) is 4.45. The lowest BCUT2D eigenvalue weighted by Crippen LogP contribution is -2.29. The van der Waals surface area contributed by atoms with Gasteiger partial charge in [0, 0.05) is 0 Å². The average Bonchev–Trinajstić information content (AvgIpc) is 2.22. The summed E-state index contributed by atoms with van der Waals surface area (Å²) in [5, 5.41) is 10.1. The van der Waals surface area contributed by atoms with Gasteiger partial charge in [-0.2, -0.15) is 0 Å². The van der Waals surface area contributed by atoms with E-state index in [9.17, 15) is 5.11 Å². The van der Waals surface area contributed by atoms with Crippen LogP contribution in [-0.4, -0.2) is 11.2 Å². The molecule has 0 fully saturated rings. The molecule has 14 heavy (non-hydrogen) atoms. The molecule has 0 aliphatic heterocycles. The van der Waals surface area contributed by atoms with Crippen LogP contribution in [0.5, 0.6) is 0 Å². The average molecular weight is 200 g/mol. The molecule has 4 atom stereocenters. The van der Waals surface area contributed by atoms with Crippen LogP contribution in [0.15, 0.2) is 0 Å². The highest BCUT2D eigenvalue weighted by Crippen LogP contribution is 2.25. The van der Waals surface area contributed by atoms with Gasteiger partial charge in [-0.15, -0.1) is 0 Å². The molecular weight excluding hydrogens is 172 g/mol. The molecule has 4 unspecified atom stereocenters. The molecule has 0 aromatic carbocycles. The van der Waals surface area contributed by atoms with Crippen molar-refractivity contribution in [3.8, 4) is 0 Å². The van der Waals surface area contributed by atoms with E-state index in [1.807, 2.05) is 0 Å². The van der Waals surface area contributed by atoms with Crippen molar-refractivity contribution in [3.05, 3.63) is 0 Å². The predicted octanol–water partition coefficient (Wildman–Crippen LogP) is 3.86. The third-order valence-corrected chi connectivity index (χ3v) is 3.68. The Labute approximate surface area is 89.9 Å². The van der Waals surface area contributed by atoms with Crippen molar-refractivity contribution in [3.63, 3.8) is 0 Å². The molecular formula is C13H28O. The summed E-state index contributed by atoms with van der Waals surface area (Å²) in [6, 6.07) is 0. The van der Waals surface area contributed by atoms with Gasteiger partial charge in [-0.25, -0.2) is 0 Å². The number of aliphatic hydroxyl groups is 1. The maximum Gasteiger partial charge on any atom is 0.0593 e. The molecule has 0 aromatic rings. The lowest BCUT2D eigenvalue weighted by molar-refractivity contribution is 0.0365. The zero-order valence-electron chi connectivity index (χ0n) is 10.6. The Morgan fingerprint density at radius 2 is 1.57 bits per heavy atom. The summed E-state index contributed by atoms with van der Waals surface area (Å²) >= 11 is 0. The zero-order chi connectivity index (χ0) is 11.1. The van der Waals surface area contributed by atoms with Crippen LogP contribution in [0.4, 0.5) is 0 Å². The Balaban J connectivity index is 3.95. The second-order valence-electron chi connectivity index (χ2n) is 4.85. The summed E-state index contributed by atoms with van der Waals surface area (Å²) < 4.78 is 0. The van der Waals surface area contributed by atoms with Gasteiger partial charge in [0.2, 0.25) is 0 Å². The topological polar surface area (TPSA) is 20.2 Å². The first kappa shape index (κ1) is 14.0. The fourth-order valence-electron chi connectivity index (χ4n) is 1.92. The summed E-state index contributed by atoms with van der Waals surface area (Å²) in [5.41, 5.74) is 0. The first-order chi connectivity index (χ1) is 6.54. The van der Waals surface area contributed by atoms with Gasteiger partial charge in [0.1, 0.15) is 0 Å². The number of hydrogen-bond donors (Lipinski definition) is 1. The van der Waals surface area contributed by atoms with Crippen molar-refractivity contribution >= 4 is 0 Å². The summed E-state index contributed by atoms with van der Waals surface area (Å²) in [4.78, 5) is 0. The Hall–Kier alpha value is -0.0400. The number of rotatable bonds is 7. The van der Waals surface area contributed by atoms with Gasteiger partial charge in [0.15, 0.2) is 0 Å². The molecule has 0 amide bonds. The molecule has 0 aliphatic carbocycles. The molecule has 0 heterocycles. The van der Waals surface area contributed by atoms with E-state index in [1.54, 1.807) is 0 Å². The molecule has 1 heteroatoms. The summed E-state index contributed by atoms with van der Waals surface area (Å²) in [6.45, 7) is 11.0. The highest BCUT2D eigenvalue weighted by molar-refractivity contribution is 4.74. The van der Waals surface area contributed by atoms with Gasteiger partial charge < -0.3 is 5.11 Å². The Morgan fingerprint density at radius 3 is 2.00 bits per heavy atom. The molecule has 0 bridgehead atoms. The minimum atomic E-state index is -0.114. The number of aliphatic hydroxyl groups excluding tert-OH is 1. The van der Waals surface area contributed by atoms with Crippen molar-refractivity contribution in [2.75, 3.05) is 0 Å². The maximum absolute atomic E-state index is 10.1. The monoisotopic (exact) mass is 200 g/mol. The molecule has 0 aliphatic rings. The van der Waals surface area contributed by atoms with Gasteiger partial charge in [-0.1, -0.05) is 53.9 Å². The van der Waals surface area contributed by atoms with Crippen LogP contribution in [0, 0.1) is 17.8 Å². The van der Waals surface area contributed by atoms with Crippen LogP contribution in [0.2, 0.25) is 0 Å². The van der Waals surface area contributed by atoms with E-state index < -0.39 is 0 Å². The molecule has 0 saturated carbocycles. The highest BCUT2D eigenvalue weighted by Gasteiger charge is 2.24. The van der Waals surface area contributed by atoms with E-state index in [1.165, 1.54) is 25.7 Å². The van der Waals surface area contributed by atoms with Crippen molar-refractivity contribution in [2.45, 2.75) is 66.4 Å². The van der Waals surface area contributed by atoms with Gasteiger partial charge in [0.05, 0.1) is 6.10 Å². The summed E-state index contributed by atoms with van der Waals surface area (Å²) in [5.74, 6) is 1.53. The van der Waals surface area contributed by atoms with Crippen LogP contribution in [-0.2, 0) is 0 Å². The SMILES string of the molecule is CCCCC(C)C(O)C(C)C(C)CC. The molecule has 1 nitrogen and oxygen atoms in total. The molecule has 0 spiro atoms. The number of hydrogen-bond acceptors (Lipinski definition) is 1. The van der Waals surface area contributed by atoms with E-state index in [-0.39, 0.29) is 6.10 Å². The predicted molar refractivity (Wildman–Crippen MR) is 63.3 cm³/mol. The standard InChI is InChI=1S/C13H28O/c1-6-8-9-11(4)13(14)12(5)10(3)7-2/h10-14H,6-9H2,1-5H3. The van der Waals surface area contributed by atoms with Crippen molar-refractivity contribution in [1.29, 1.82) is 0 Å². The molecule has 0 aromatic heterocycles. The van der Waals surface area contributed by atoms with Gasteiger partial charge in [-0.3, -0.25) is 0 Å². The third-order valence-electron chi connectivity index (χ3n) is 3.68. The van der Waals surface area contributed by atoms with Crippen LogP contribution < -0.4 is 0 Å². The molecule has 0 radical (unpaired) electrons. The van der Waals surface area contributed by atoms with E-state index >= 15 is 0 Å². The minimum Gasteiger partial charge on any atom is -0.393 e. The maximum atomic E-state index is 10.1. The quantitative estimate of drug-likeness (QED) is 0.661. The van der Waals surface area contributed by atoms with E-state index in [2.05, 4.69) is 34.6 Å². The minimum absolute atomic E-state index is 0.114. The van der Waals surface area contributed by atoms with Crippen LogP contribution >= 0.6 is 0 Å². The second-order valence-corrected chi connectivity index (χ2v) is 4.85. The summed E-state index contributed by atoms with van der Waals surface area (Å²) in [7, 11) is 0. The highest BCUT2D eigenvalue weighted by atomic mass is 16.3. The molecule has 86 valence electrons. The van der Waals surface area contributed by atoms with Crippen LogP contribution in [0.25, 0.3) is 0 Å². The fraction of sp³-hybridized carbons (Fsp3) is 1.00. The van der Waals surface area contributed by atoms with E-state index in [4.69, 9.17) is 0 Å². The van der Waals surface area contributed by atoms with E-state index in [0.29, 0.717) is 17.8 Å². The fourth-order valence-corrected chi connectivity index (χ4v) is 1.92. The normalized spacial score (nSPS) is 20.1. The second kappa shape index (κ2) is 7.28. The van der Waals surface area contributed by atoms with Gasteiger partial charge in [0.25, 0.3) is 0 Å². The van der Waals surface area contributed by atoms with Crippen LogP contribution in [0.1, 0.15) is 60.3 Å². The van der Waals surface area contributed by atoms with Crippen molar-refractivity contribution in [1.82, 2.24) is 0 Å². The largest absolute Gasteiger partial charge is 0.393 e. The smallest absolute Gasteiger partial charge is 0.0593 e. The van der Waals surface area contributed by atoms with Gasteiger partial charge in [-0.05, 0) is 24.2 Å². The molecule has 1 N–H and O–H groups in total. The zero-order valence-corrected chi connectivity index (χ0v) is 10.6. The number of unbranched alkanes of at least 4 members (excludes halogenated alkanes) is 1. The van der Waals surface area contributed by atoms with Crippen LogP contribution in [0.3, 0.4) is 0 Å².